The van der Waals surface area contributed by atoms with Gasteiger partial charge in [-0.2, -0.15) is 11.3 Å². The molecule has 4 atom stereocenters. The Bertz CT molecular complexity index is 1450. The fourth-order valence-corrected chi connectivity index (χ4v) is 6.52. The molecule has 11 heteroatoms. The van der Waals surface area contributed by atoms with E-state index in [9.17, 15) is 14.4 Å². The molecule has 0 saturated carbocycles. The van der Waals surface area contributed by atoms with Crippen LogP contribution in [0.15, 0.2) is 59.3 Å². The lowest BCUT2D eigenvalue weighted by molar-refractivity contribution is -0.123. The van der Waals surface area contributed by atoms with Crippen LogP contribution in [0.25, 0.3) is 0 Å². The van der Waals surface area contributed by atoms with E-state index in [0.29, 0.717) is 44.0 Å². The molecule has 2 aromatic carbocycles. The summed E-state index contributed by atoms with van der Waals surface area (Å²) in [5.41, 5.74) is 2.73. The number of ether oxygens (including phenoxy) is 3. The van der Waals surface area contributed by atoms with Crippen LogP contribution in [0.5, 0.6) is 11.5 Å². The van der Waals surface area contributed by atoms with E-state index in [0.717, 1.165) is 12.1 Å². The standard InChI is InChI=1S/C32H36N4O6S/c1-20-13-36(14-21(2)41-20)32(39)25-9-24-10-27(11-25)40-18-30(37)33-12-22-3-5-26(6-4-22)42-29-17-35(15-23-7-8-43-19-23)16-28(29)34-31(24)38/h3-11,19-21,28-29H,12-18H2,1-2H3,(H,33,37)(H,34,38)/t20-,21+,28-,29-/m0/s1. The maximum atomic E-state index is 13.8. The van der Waals surface area contributed by atoms with Gasteiger partial charge in [0.25, 0.3) is 17.7 Å². The highest BCUT2D eigenvalue weighted by Crippen LogP contribution is 2.25. The first-order valence-electron chi connectivity index (χ1n) is 14.6. The molecule has 4 aliphatic heterocycles. The summed E-state index contributed by atoms with van der Waals surface area (Å²) < 4.78 is 18.0. The number of benzene rings is 2. The molecule has 0 spiro atoms. The minimum absolute atomic E-state index is 0.104. The molecule has 5 heterocycles. The molecule has 2 saturated heterocycles. The summed E-state index contributed by atoms with van der Waals surface area (Å²) in [6.45, 7) is 6.82. The Hall–Kier alpha value is -3.93. The summed E-state index contributed by atoms with van der Waals surface area (Å²) in [6, 6.07) is 14.2. The smallest absolute Gasteiger partial charge is 0.258 e. The van der Waals surface area contributed by atoms with Crippen LogP contribution in [-0.2, 0) is 22.6 Å². The van der Waals surface area contributed by atoms with Gasteiger partial charge in [-0.05, 0) is 72.1 Å². The third-order valence-corrected chi connectivity index (χ3v) is 8.57. The highest BCUT2D eigenvalue weighted by molar-refractivity contribution is 7.07. The largest absolute Gasteiger partial charge is 0.487 e. The number of nitrogens with one attached hydrogen (secondary N) is 2. The molecule has 0 unspecified atom stereocenters. The SMILES string of the molecule is C[C@@H]1CN(C(=O)c2cc3cc(c2)C(=O)N[C@H]2CN(Cc4ccsc4)C[C@@H]2Oc2ccc(cc2)CNC(=O)CO3)C[C@H](C)O1. The van der Waals surface area contributed by atoms with Gasteiger partial charge in [0.05, 0.1) is 18.2 Å². The van der Waals surface area contributed by atoms with E-state index < -0.39 is 0 Å². The molecular formula is C32H36N4O6S. The molecule has 2 N–H and O–H groups in total. The van der Waals surface area contributed by atoms with Crippen LogP contribution in [0.4, 0.5) is 0 Å². The number of morpholine rings is 1. The van der Waals surface area contributed by atoms with Gasteiger partial charge in [-0.15, -0.1) is 0 Å². The first-order valence-corrected chi connectivity index (χ1v) is 15.5. The van der Waals surface area contributed by atoms with Crippen molar-refractivity contribution in [2.75, 3.05) is 32.8 Å². The predicted octanol–water partition coefficient (Wildman–Crippen LogP) is 3.07. The van der Waals surface area contributed by atoms with Crippen LogP contribution in [0, 0.1) is 0 Å². The van der Waals surface area contributed by atoms with Crippen molar-refractivity contribution < 1.29 is 28.6 Å². The Morgan fingerprint density at radius 2 is 1.77 bits per heavy atom. The number of carbonyl (C=O) groups is 3. The molecule has 0 radical (unpaired) electrons. The molecule has 4 bridgehead atoms. The van der Waals surface area contributed by atoms with Crippen molar-refractivity contribution in [3.8, 4) is 11.5 Å². The topological polar surface area (TPSA) is 109 Å². The molecule has 43 heavy (non-hydrogen) atoms. The summed E-state index contributed by atoms with van der Waals surface area (Å²) in [5, 5.41) is 10.2. The van der Waals surface area contributed by atoms with Gasteiger partial charge >= 0.3 is 0 Å². The number of thiophene rings is 1. The van der Waals surface area contributed by atoms with Gasteiger partial charge in [0.2, 0.25) is 0 Å². The van der Waals surface area contributed by atoms with Crippen LogP contribution >= 0.6 is 11.3 Å². The van der Waals surface area contributed by atoms with Crippen molar-refractivity contribution in [2.24, 2.45) is 0 Å². The molecule has 10 nitrogen and oxygen atoms in total. The number of hydrogen-bond donors (Lipinski definition) is 2. The van der Waals surface area contributed by atoms with E-state index >= 15 is 0 Å². The Morgan fingerprint density at radius 1 is 0.977 bits per heavy atom. The second-order valence-corrected chi connectivity index (χ2v) is 12.3. The first-order chi connectivity index (χ1) is 20.8. The van der Waals surface area contributed by atoms with E-state index in [-0.39, 0.29) is 60.0 Å². The fourth-order valence-electron chi connectivity index (χ4n) is 5.86. The molecule has 7 rings (SSSR count). The van der Waals surface area contributed by atoms with Crippen LogP contribution in [-0.4, -0.2) is 84.7 Å². The number of nitrogens with zero attached hydrogens (tertiary/aromatic N) is 2. The monoisotopic (exact) mass is 604 g/mol. The van der Waals surface area contributed by atoms with E-state index in [1.807, 2.05) is 38.1 Å². The van der Waals surface area contributed by atoms with E-state index in [1.165, 1.54) is 5.56 Å². The second kappa shape index (κ2) is 12.7. The van der Waals surface area contributed by atoms with Crippen LogP contribution in [0.1, 0.15) is 45.7 Å². The maximum absolute atomic E-state index is 13.8. The lowest BCUT2D eigenvalue weighted by Crippen LogP contribution is -2.48. The van der Waals surface area contributed by atoms with Gasteiger partial charge in [0.15, 0.2) is 6.61 Å². The fraction of sp³-hybridized carbons (Fsp3) is 0.406. The number of carbonyl (C=O) groups excluding carboxylic acids is 3. The molecule has 226 valence electrons. The van der Waals surface area contributed by atoms with Crippen LogP contribution < -0.4 is 20.1 Å². The Balaban J connectivity index is 1.29. The zero-order chi connectivity index (χ0) is 29.9. The minimum atomic E-state index is -0.344. The quantitative estimate of drug-likeness (QED) is 0.473. The third kappa shape index (κ3) is 7.18. The summed E-state index contributed by atoms with van der Waals surface area (Å²) >= 11 is 1.66. The molecule has 3 amide bonds. The average molecular weight is 605 g/mol. The van der Waals surface area contributed by atoms with Gasteiger partial charge in [0.1, 0.15) is 17.6 Å². The van der Waals surface area contributed by atoms with Gasteiger partial charge in [-0.3, -0.25) is 19.3 Å². The molecule has 2 fully saturated rings. The van der Waals surface area contributed by atoms with Crippen molar-refractivity contribution in [3.05, 3.63) is 81.5 Å². The third-order valence-electron chi connectivity index (χ3n) is 7.84. The number of likely N-dealkylation sites (tertiary alicyclic amines) is 1. The Kier molecular flexibility index (Phi) is 8.64. The normalized spacial score (nSPS) is 24.7. The minimum Gasteiger partial charge on any atom is -0.487 e. The van der Waals surface area contributed by atoms with Crippen LogP contribution in [0.2, 0.25) is 0 Å². The van der Waals surface area contributed by atoms with Gasteiger partial charge in [0, 0.05) is 50.4 Å². The summed E-state index contributed by atoms with van der Waals surface area (Å²) in [6.07, 6.45) is -0.499. The second-order valence-electron chi connectivity index (χ2n) is 11.5. The molecular weight excluding hydrogens is 568 g/mol. The average Bonchev–Trinajstić information content (AvgIpc) is 3.64. The van der Waals surface area contributed by atoms with E-state index in [2.05, 4.69) is 32.4 Å². The molecule has 3 aromatic rings. The number of hydrogen-bond acceptors (Lipinski definition) is 8. The lowest BCUT2D eigenvalue weighted by Gasteiger charge is -2.35. The molecule has 4 aliphatic rings. The highest BCUT2D eigenvalue weighted by atomic mass is 32.1. The number of fused-ring (bicyclic) bond motifs is 7. The zero-order valence-corrected chi connectivity index (χ0v) is 25.1. The van der Waals surface area contributed by atoms with Crippen molar-refractivity contribution in [1.29, 1.82) is 0 Å². The van der Waals surface area contributed by atoms with Crippen molar-refractivity contribution in [2.45, 2.75) is 51.3 Å². The maximum Gasteiger partial charge on any atom is 0.258 e. The van der Waals surface area contributed by atoms with E-state index in [4.69, 9.17) is 14.2 Å². The number of amides is 3. The van der Waals surface area contributed by atoms with Crippen molar-refractivity contribution >= 4 is 29.1 Å². The van der Waals surface area contributed by atoms with Crippen molar-refractivity contribution in [3.63, 3.8) is 0 Å². The van der Waals surface area contributed by atoms with Gasteiger partial charge in [-0.1, -0.05) is 12.1 Å². The summed E-state index contributed by atoms with van der Waals surface area (Å²) in [7, 11) is 0. The number of rotatable bonds is 3. The highest BCUT2D eigenvalue weighted by Gasteiger charge is 2.36. The van der Waals surface area contributed by atoms with Crippen molar-refractivity contribution in [1.82, 2.24) is 20.4 Å². The zero-order valence-electron chi connectivity index (χ0n) is 24.3. The molecule has 0 aliphatic carbocycles. The molecule has 1 aromatic heterocycles. The summed E-state index contributed by atoms with van der Waals surface area (Å²) in [4.78, 5) is 44.0. The van der Waals surface area contributed by atoms with Crippen LogP contribution in [0.3, 0.4) is 0 Å². The Morgan fingerprint density at radius 3 is 2.51 bits per heavy atom. The van der Waals surface area contributed by atoms with Gasteiger partial charge < -0.3 is 29.7 Å². The van der Waals surface area contributed by atoms with Gasteiger partial charge in [-0.25, -0.2) is 0 Å². The summed E-state index contributed by atoms with van der Waals surface area (Å²) in [5.74, 6) is 0.0782. The first kappa shape index (κ1) is 29.2. The lowest BCUT2D eigenvalue weighted by atomic mass is 10.1. The van der Waals surface area contributed by atoms with E-state index in [1.54, 1.807) is 34.4 Å². The Labute approximate surface area is 254 Å². The predicted molar refractivity (Wildman–Crippen MR) is 161 cm³/mol.